The summed E-state index contributed by atoms with van der Waals surface area (Å²) in [7, 11) is -3.57. The lowest BCUT2D eigenvalue weighted by Gasteiger charge is -2.21. The van der Waals surface area contributed by atoms with Gasteiger partial charge in [-0.1, -0.05) is 53.8 Å². The fourth-order valence-electron chi connectivity index (χ4n) is 3.24. The fraction of sp³-hybridized carbons (Fsp3) is 0.130. The third-order valence-corrected chi connectivity index (χ3v) is 7.68. The summed E-state index contributed by atoms with van der Waals surface area (Å²) in [4.78, 5) is 21.0. The monoisotopic (exact) mass is 468 g/mol. The van der Waals surface area contributed by atoms with Gasteiger partial charge in [-0.25, -0.2) is 13.4 Å². The second-order valence-corrected chi connectivity index (χ2v) is 10.8. The Kier molecular flexibility index (Phi) is 6.13. The SMILES string of the molecule is CSc1ccc2nc(N(Cc3ccccc3)C(=O)c3ccccc3S(C)(=O)=O)sc2c1. The quantitative estimate of drug-likeness (QED) is 0.361. The van der Waals surface area contributed by atoms with E-state index >= 15 is 0 Å². The molecule has 0 N–H and O–H groups in total. The van der Waals surface area contributed by atoms with Crippen LogP contribution in [0.4, 0.5) is 5.13 Å². The van der Waals surface area contributed by atoms with Gasteiger partial charge >= 0.3 is 0 Å². The van der Waals surface area contributed by atoms with Crippen LogP contribution in [0.1, 0.15) is 15.9 Å². The van der Waals surface area contributed by atoms with Gasteiger partial charge in [-0.2, -0.15) is 0 Å². The molecule has 0 fully saturated rings. The summed E-state index contributed by atoms with van der Waals surface area (Å²) in [6, 6.07) is 21.9. The number of aromatic nitrogens is 1. The summed E-state index contributed by atoms with van der Waals surface area (Å²) < 4.78 is 25.6. The molecule has 0 atom stereocenters. The number of thioether (sulfide) groups is 1. The Morgan fingerprint density at radius 1 is 1.03 bits per heavy atom. The zero-order chi connectivity index (χ0) is 22.0. The molecule has 31 heavy (non-hydrogen) atoms. The summed E-state index contributed by atoms with van der Waals surface area (Å²) >= 11 is 3.07. The molecular weight excluding hydrogens is 448 g/mol. The Labute approximate surface area is 189 Å². The summed E-state index contributed by atoms with van der Waals surface area (Å²) in [5, 5.41) is 0.533. The molecule has 1 aromatic heterocycles. The number of rotatable bonds is 6. The molecule has 158 valence electrons. The van der Waals surface area contributed by atoms with Crippen LogP contribution in [0.15, 0.2) is 82.6 Å². The summed E-state index contributed by atoms with van der Waals surface area (Å²) in [5.41, 5.74) is 1.88. The normalized spacial score (nSPS) is 11.5. The number of benzene rings is 3. The highest BCUT2D eigenvalue weighted by Crippen LogP contribution is 2.33. The maximum absolute atomic E-state index is 13.6. The van der Waals surface area contributed by atoms with E-state index in [-0.39, 0.29) is 17.0 Å². The highest BCUT2D eigenvalue weighted by molar-refractivity contribution is 7.98. The Morgan fingerprint density at radius 2 is 1.74 bits per heavy atom. The van der Waals surface area contributed by atoms with Crippen molar-refractivity contribution in [2.75, 3.05) is 17.4 Å². The number of amides is 1. The first-order valence-corrected chi connectivity index (χ1v) is 13.4. The molecule has 5 nitrogen and oxygen atoms in total. The lowest BCUT2D eigenvalue weighted by atomic mass is 10.1. The molecule has 0 spiro atoms. The highest BCUT2D eigenvalue weighted by atomic mass is 32.2. The number of anilines is 1. The molecule has 0 aliphatic carbocycles. The molecule has 0 radical (unpaired) electrons. The van der Waals surface area contributed by atoms with Gasteiger partial charge in [-0.3, -0.25) is 9.69 Å². The molecule has 3 aromatic carbocycles. The average molecular weight is 469 g/mol. The number of hydrogen-bond acceptors (Lipinski definition) is 6. The van der Waals surface area contributed by atoms with Crippen LogP contribution in [0.3, 0.4) is 0 Å². The van der Waals surface area contributed by atoms with E-state index in [0.29, 0.717) is 5.13 Å². The first kappa shape index (κ1) is 21.5. The second kappa shape index (κ2) is 8.82. The first-order chi connectivity index (χ1) is 14.9. The molecule has 4 rings (SSSR count). The molecule has 0 aliphatic heterocycles. The number of carbonyl (C=O) groups excluding carboxylic acids is 1. The van der Waals surface area contributed by atoms with Crippen molar-refractivity contribution in [2.45, 2.75) is 16.3 Å². The Balaban J connectivity index is 1.83. The van der Waals surface area contributed by atoms with Crippen molar-refractivity contribution in [3.05, 3.63) is 83.9 Å². The number of sulfone groups is 1. The number of hydrogen-bond donors (Lipinski definition) is 0. The Hall–Kier alpha value is -2.68. The minimum Gasteiger partial charge on any atom is -0.279 e. The zero-order valence-corrected chi connectivity index (χ0v) is 19.4. The van der Waals surface area contributed by atoms with E-state index in [9.17, 15) is 13.2 Å². The van der Waals surface area contributed by atoms with E-state index in [1.54, 1.807) is 34.9 Å². The maximum Gasteiger partial charge on any atom is 0.261 e. The van der Waals surface area contributed by atoms with Crippen LogP contribution >= 0.6 is 23.1 Å². The van der Waals surface area contributed by atoms with Crippen molar-refractivity contribution in [1.82, 2.24) is 4.98 Å². The van der Waals surface area contributed by atoms with Gasteiger partial charge in [0.05, 0.1) is 27.2 Å². The zero-order valence-electron chi connectivity index (χ0n) is 17.0. The van der Waals surface area contributed by atoms with E-state index in [1.807, 2.05) is 48.7 Å². The summed E-state index contributed by atoms with van der Waals surface area (Å²) in [6.45, 7) is 0.285. The smallest absolute Gasteiger partial charge is 0.261 e. The van der Waals surface area contributed by atoms with Crippen LogP contribution in [0.25, 0.3) is 10.2 Å². The first-order valence-electron chi connectivity index (χ1n) is 9.46. The minimum absolute atomic E-state index is 0.0174. The van der Waals surface area contributed by atoms with Crippen LogP contribution in [0.2, 0.25) is 0 Å². The van der Waals surface area contributed by atoms with Crippen LogP contribution in [-0.4, -0.2) is 31.8 Å². The van der Waals surface area contributed by atoms with Crippen LogP contribution in [0, 0.1) is 0 Å². The number of fused-ring (bicyclic) bond motifs is 1. The standard InChI is InChI=1S/C23H20N2O3S3/c1-29-17-12-13-19-20(14-17)30-23(24-19)25(15-16-8-4-3-5-9-16)22(26)18-10-6-7-11-21(18)31(2,27)28/h3-14H,15H2,1-2H3. The summed E-state index contributed by atoms with van der Waals surface area (Å²) in [6.07, 6.45) is 3.12. The van der Waals surface area contributed by atoms with Crippen molar-refractivity contribution >= 4 is 54.2 Å². The second-order valence-electron chi connectivity index (χ2n) is 6.98. The number of carbonyl (C=O) groups is 1. The van der Waals surface area contributed by atoms with Gasteiger partial charge in [-0.15, -0.1) is 11.8 Å². The molecular formula is C23H20N2O3S3. The van der Waals surface area contributed by atoms with E-state index in [4.69, 9.17) is 0 Å². The molecule has 0 aliphatic rings. The fourth-order valence-corrected chi connectivity index (χ4v) is 5.64. The van der Waals surface area contributed by atoms with Gasteiger partial charge in [0.25, 0.3) is 5.91 Å². The predicted molar refractivity (Wildman–Crippen MR) is 128 cm³/mol. The third kappa shape index (κ3) is 4.66. The highest BCUT2D eigenvalue weighted by Gasteiger charge is 2.26. The molecule has 4 aromatic rings. The Morgan fingerprint density at radius 3 is 2.45 bits per heavy atom. The lowest BCUT2D eigenvalue weighted by molar-refractivity contribution is 0.0982. The van der Waals surface area contributed by atoms with Crippen molar-refractivity contribution < 1.29 is 13.2 Å². The lowest BCUT2D eigenvalue weighted by Crippen LogP contribution is -2.31. The summed E-state index contributed by atoms with van der Waals surface area (Å²) in [5.74, 6) is -0.394. The molecule has 8 heteroatoms. The molecule has 1 heterocycles. The van der Waals surface area contributed by atoms with Gasteiger partial charge in [-0.05, 0) is 42.2 Å². The van der Waals surface area contributed by atoms with E-state index < -0.39 is 15.7 Å². The largest absolute Gasteiger partial charge is 0.279 e. The van der Waals surface area contributed by atoms with Crippen molar-refractivity contribution in [3.8, 4) is 0 Å². The van der Waals surface area contributed by atoms with Crippen molar-refractivity contribution in [3.63, 3.8) is 0 Å². The molecule has 0 bridgehead atoms. The van der Waals surface area contributed by atoms with E-state index in [0.717, 1.165) is 26.9 Å². The predicted octanol–water partition coefficient (Wildman–Crippen LogP) is 5.27. The maximum atomic E-state index is 13.6. The molecule has 0 saturated heterocycles. The van der Waals surface area contributed by atoms with Crippen molar-refractivity contribution in [2.24, 2.45) is 0 Å². The van der Waals surface area contributed by atoms with Gasteiger partial charge in [0.1, 0.15) is 0 Å². The number of thiazole rings is 1. The molecule has 0 saturated carbocycles. The molecule has 1 amide bonds. The van der Waals surface area contributed by atoms with Gasteiger partial charge in [0.15, 0.2) is 15.0 Å². The number of nitrogens with zero attached hydrogens (tertiary/aromatic N) is 2. The Bertz CT molecular complexity index is 1350. The average Bonchev–Trinajstić information content (AvgIpc) is 3.20. The van der Waals surface area contributed by atoms with Crippen LogP contribution in [0.5, 0.6) is 0 Å². The van der Waals surface area contributed by atoms with E-state index in [1.165, 1.54) is 17.4 Å². The van der Waals surface area contributed by atoms with Crippen molar-refractivity contribution in [1.29, 1.82) is 0 Å². The van der Waals surface area contributed by atoms with E-state index in [2.05, 4.69) is 11.1 Å². The van der Waals surface area contributed by atoms with Gasteiger partial charge in [0, 0.05) is 11.2 Å². The third-order valence-electron chi connectivity index (χ3n) is 4.76. The molecule has 0 unspecified atom stereocenters. The minimum atomic E-state index is -3.57. The van der Waals surface area contributed by atoms with Gasteiger partial charge < -0.3 is 0 Å². The van der Waals surface area contributed by atoms with Crippen LogP contribution < -0.4 is 4.90 Å². The van der Waals surface area contributed by atoms with Gasteiger partial charge in [0.2, 0.25) is 0 Å². The van der Waals surface area contributed by atoms with Crippen LogP contribution in [-0.2, 0) is 16.4 Å². The topological polar surface area (TPSA) is 67.3 Å².